The Bertz CT molecular complexity index is 720. The number of ether oxygens (including phenoxy) is 2. The van der Waals surface area contributed by atoms with Gasteiger partial charge in [-0.25, -0.2) is 0 Å². The molecule has 2 aromatic rings. The number of methoxy groups -OCH3 is 2. The Morgan fingerprint density at radius 3 is 2.62 bits per heavy atom. The zero-order valence-corrected chi connectivity index (χ0v) is 14.7. The number of carbonyl (C=O) groups excluding carboxylic acids is 2. The highest BCUT2D eigenvalue weighted by Crippen LogP contribution is 2.28. The minimum atomic E-state index is -0.762. The van der Waals surface area contributed by atoms with Gasteiger partial charge in [0.1, 0.15) is 11.9 Å². The number of nitrogens with one attached hydrogen (secondary N) is 2. The van der Waals surface area contributed by atoms with Crippen LogP contribution >= 0.6 is 22.9 Å². The van der Waals surface area contributed by atoms with Gasteiger partial charge in [0.25, 0.3) is 0 Å². The maximum absolute atomic E-state index is 11.9. The van der Waals surface area contributed by atoms with Gasteiger partial charge in [-0.1, -0.05) is 17.7 Å². The summed E-state index contributed by atoms with van der Waals surface area (Å²) in [5, 5.41) is 5.06. The van der Waals surface area contributed by atoms with E-state index in [2.05, 4.69) is 10.6 Å². The number of rotatable bonds is 6. The van der Waals surface area contributed by atoms with Gasteiger partial charge in [0.05, 0.1) is 11.4 Å². The van der Waals surface area contributed by atoms with Crippen LogP contribution in [0.3, 0.4) is 0 Å². The van der Waals surface area contributed by atoms with Gasteiger partial charge in [-0.3, -0.25) is 9.59 Å². The Kier molecular flexibility index (Phi) is 6.60. The molecule has 0 fully saturated rings. The first-order valence-electron chi connectivity index (χ1n) is 7.04. The van der Waals surface area contributed by atoms with Crippen LogP contribution in [-0.4, -0.2) is 32.6 Å². The van der Waals surface area contributed by atoms with Crippen LogP contribution in [0, 0.1) is 0 Å². The fourth-order valence-corrected chi connectivity index (χ4v) is 3.09. The lowest BCUT2D eigenvalue weighted by atomic mass is 10.3. The normalized spacial score (nSPS) is 11.6. The van der Waals surface area contributed by atoms with E-state index in [0.717, 1.165) is 4.88 Å². The molecular formula is C16H17ClN2O4S. The highest BCUT2D eigenvalue weighted by atomic mass is 35.5. The average molecular weight is 369 g/mol. The second kappa shape index (κ2) is 8.68. The topological polar surface area (TPSA) is 76.7 Å². The molecule has 1 heterocycles. The third kappa shape index (κ3) is 4.95. The van der Waals surface area contributed by atoms with E-state index in [-0.39, 0.29) is 12.6 Å². The van der Waals surface area contributed by atoms with Crippen LogP contribution in [0.4, 0.5) is 5.69 Å². The van der Waals surface area contributed by atoms with Crippen molar-refractivity contribution in [2.45, 2.75) is 6.10 Å². The van der Waals surface area contributed by atoms with Crippen LogP contribution in [0.1, 0.15) is 11.0 Å². The molecule has 1 atom stereocenters. The molecule has 0 aliphatic rings. The summed E-state index contributed by atoms with van der Waals surface area (Å²) in [6.45, 7) is 0.164. The number of halogens is 1. The van der Waals surface area contributed by atoms with Gasteiger partial charge in [-0.15, -0.1) is 11.3 Å². The zero-order valence-electron chi connectivity index (χ0n) is 13.2. The smallest absolute Gasteiger partial charge is 0.313 e. The van der Waals surface area contributed by atoms with Gasteiger partial charge in [0.15, 0.2) is 0 Å². The second-order valence-electron chi connectivity index (χ2n) is 4.76. The summed E-state index contributed by atoms with van der Waals surface area (Å²) in [6, 6.07) is 10.3. The number of hydrogen-bond acceptors (Lipinski definition) is 5. The number of benzene rings is 1. The Morgan fingerprint density at radius 1 is 1.21 bits per heavy atom. The lowest BCUT2D eigenvalue weighted by Gasteiger charge is -2.14. The third-order valence-corrected chi connectivity index (χ3v) is 4.50. The predicted molar refractivity (Wildman–Crippen MR) is 93.7 cm³/mol. The highest BCUT2D eigenvalue weighted by molar-refractivity contribution is 7.16. The molecule has 0 aliphatic carbocycles. The molecule has 1 aromatic carbocycles. The van der Waals surface area contributed by atoms with Crippen molar-refractivity contribution in [1.29, 1.82) is 0 Å². The molecule has 2 rings (SSSR count). The first kappa shape index (κ1) is 18.3. The Labute approximate surface area is 148 Å². The summed E-state index contributed by atoms with van der Waals surface area (Å²) in [5.74, 6) is -0.924. The van der Waals surface area contributed by atoms with Gasteiger partial charge < -0.3 is 20.1 Å². The standard InChI is InChI=1S/C16H17ClN2O4S/c1-22-11-5-3-4-10(8-11)19-16(21)15(20)18-9-12(23-2)13-6-7-14(17)24-13/h3-8,12H,9H2,1-2H3,(H,18,20)(H,19,21). The molecule has 1 aromatic heterocycles. The van der Waals surface area contributed by atoms with Gasteiger partial charge in [0, 0.05) is 30.3 Å². The minimum absolute atomic E-state index is 0.164. The second-order valence-corrected chi connectivity index (χ2v) is 6.51. The summed E-state index contributed by atoms with van der Waals surface area (Å²) < 4.78 is 11.0. The molecule has 0 aliphatic heterocycles. The summed E-state index contributed by atoms with van der Waals surface area (Å²) in [4.78, 5) is 24.7. The van der Waals surface area contributed by atoms with Crippen molar-refractivity contribution in [3.8, 4) is 5.75 Å². The van der Waals surface area contributed by atoms with E-state index in [1.807, 2.05) is 6.07 Å². The molecule has 0 saturated heterocycles. The number of hydrogen-bond donors (Lipinski definition) is 2. The maximum Gasteiger partial charge on any atom is 0.313 e. The van der Waals surface area contributed by atoms with Crippen LogP contribution in [0.5, 0.6) is 5.75 Å². The maximum atomic E-state index is 11.9. The molecule has 0 spiro atoms. The van der Waals surface area contributed by atoms with Crippen LogP contribution in [0.15, 0.2) is 36.4 Å². The van der Waals surface area contributed by atoms with E-state index >= 15 is 0 Å². The van der Waals surface area contributed by atoms with Crippen LogP contribution in [0.2, 0.25) is 4.34 Å². The lowest BCUT2D eigenvalue weighted by Crippen LogP contribution is -2.37. The summed E-state index contributed by atoms with van der Waals surface area (Å²) >= 11 is 7.25. The van der Waals surface area contributed by atoms with Gasteiger partial charge >= 0.3 is 11.8 Å². The summed E-state index contributed by atoms with van der Waals surface area (Å²) in [5.41, 5.74) is 0.475. The van der Waals surface area contributed by atoms with E-state index in [1.165, 1.54) is 25.6 Å². The Balaban J connectivity index is 1.90. The minimum Gasteiger partial charge on any atom is -0.497 e. The first-order chi connectivity index (χ1) is 11.5. The molecule has 128 valence electrons. The van der Waals surface area contributed by atoms with Crippen LogP contribution in [0.25, 0.3) is 0 Å². The predicted octanol–water partition coefficient (Wildman–Crippen LogP) is 2.85. The van der Waals surface area contributed by atoms with Gasteiger partial charge in [0.2, 0.25) is 0 Å². The Hall–Kier alpha value is -2.09. The largest absolute Gasteiger partial charge is 0.497 e. The summed E-state index contributed by atoms with van der Waals surface area (Å²) in [6.07, 6.45) is -0.365. The van der Waals surface area contributed by atoms with Crippen molar-refractivity contribution in [2.24, 2.45) is 0 Å². The van der Waals surface area contributed by atoms with E-state index in [0.29, 0.717) is 15.8 Å². The molecule has 0 bridgehead atoms. The van der Waals surface area contributed by atoms with Crippen molar-refractivity contribution in [2.75, 3.05) is 26.1 Å². The Morgan fingerprint density at radius 2 is 2.00 bits per heavy atom. The van der Waals surface area contributed by atoms with Crippen molar-refractivity contribution < 1.29 is 19.1 Å². The zero-order chi connectivity index (χ0) is 17.5. The lowest BCUT2D eigenvalue weighted by molar-refractivity contribution is -0.136. The van der Waals surface area contributed by atoms with Crippen molar-refractivity contribution in [3.05, 3.63) is 45.6 Å². The van der Waals surface area contributed by atoms with E-state index in [1.54, 1.807) is 30.3 Å². The monoisotopic (exact) mass is 368 g/mol. The fourth-order valence-electron chi connectivity index (χ4n) is 1.96. The molecule has 8 heteroatoms. The van der Waals surface area contributed by atoms with Gasteiger partial charge in [-0.2, -0.15) is 0 Å². The summed E-state index contributed by atoms with van der Waals surface area (Å²) in [7, 11) is 3.05. The fraction of sp³-hybridized carbons (Fsp3) is 0.250. The van der Waals surface area contributed by atoms with Crippen LogP contribution in [-0.2, 0) is 14.3 Å². The van der Waals surface area contributed by atoms with E-state index < -0.39 is 11.8 Å². The molecule has 2 N–H and O–H groups in total. The molecule has 24 heavy (non-hydrogen) atoms. The molecular weight excluding hydrogens is 352 g/mol. The van der Waals surface area contributed by atoms with Crippen molar-refractivity contribution >= 4 is 40.4 Å². The number of thiophene rings is 1. The van der Waals surface area contributed by atoms with E-state index in [4.69, 9.17) is 21.1 Å². The number of anilines is 1. The molecule has 1 unspecified atom stereocenters. The average Bonchev–Trinajstić information content (AvgIpc) is 3.01. The number of carbonyl (C=O) groups is 2. The highest BCUT2D eigenvalue weighted by Gasteiger charge is 2.18. The molecule has 6 nitrogen and oxygen atoms in total. The first-order valence-corrected chi connectivity index (χ1v) is 8.24. The van der Waals surface area contributed by atoms with Crippen molar-refractivity contribution in [1.82, 2.24) is 5.32 Å². The quantitative estimate of drug-likeness (QED) is 0.769. The van der Waals surface area contributed by atoms with Crippen LogP contribution < -0.4 is 15.4 Å². The third-order valence-electron chi connectivity index (χ3n) is 3.18. The SMILES string of the molecule is COc1cccc(NC(=O)C(=O)NCC(OC)c2ccc(Cl)s2)c1. The number of amides is 2. The van der Waals surface area contributed by atoms with Gasteiger partial charge in [-0.05, 0) is 24.3 Å². The molecule has 0 saturated carbocycles. The van der Waals surface area contributed by atoms with Crippen molar-refractivity contribution in [3.63, 3.8) is 0 Å². The molecule has 0 radical (unpaired) electrons. The van der Waals surface area contributed by atoms with E-state index in [9.17, 15) is 9.59 Å². The molecule has 2 amide bonds.